The normalized spacial score (nSPS) is 20.8. The zero-order valence-corrected chi connectivity index (χ0v) is 12.9. The zero-order chi connectivity index (χ0) is 14.7. The van der Waals surface area contributed by atoms with Crippen molar-refractivity contribution in [1.82, 2.24) is 5.32 Å². The van der Waals surface area contributed by atoms with Gasteiger partial charge in [-0.15, -0.1) is 0 Å². The summed E-state index contributed by atoms with van der Waals surface area (Å²) >= 11 is 6.04. The Bertz CT molecular complexity index is 592. The van der Waals surface area contributed by atoms with Crippen LogP contribution in [-0.4, -0.2) is 32.5 Å². The molecule has 1 N–H and O–H groups in total. The third kappa shape index (κ3) is 3.40. The van der Waals surface area contributed by atoms with E-state index in [-0.39, 0.29) is 12.1 Å². The molecule has 2 aromatic rings. The summed E-state index contributed by atoms with van der Waals surface area (Å²) in [7, 11) is 0. The predicted molar refractivity (Wildman–Crippen MR) is 82.8 cm³/mol. The molecule has 114 valence electrons. The Morgan fingerprint density at radius 2 is 2.24 bits per heavy atom. The lowest BCUT2D eigenvalue weighted by atomic mass is 10.1. The van der Waals surface area contributed by atoms with Crippen LogP contribution < -0.4 is 5.32 Å². The zero-order valence-electron chi connectivity index (χ0n) is 12.1. The molecule has 4 nitrogen and oxygen atoms in total. The van der Waals surface area contributed by atoms with E-state index in [9.17, 15) is 0 Å². The van der Waals surface area contributed by atoms with Crippen molar-refractivity contribution in [2.75, 3.05) is 26.4 Å². The van der Waals surface area contributed by atoms with E-state index in [0.29, 0.717) is 24.8 Å². The Kier molecular flexibility index (Phi) is 4.80. The molecule has 0 radical (unpaired) electrons. The maximum atomic E-state index is 6.04. The van der Waals surface area contributed by atoms with E-state index >= 15 is 0 Å². The summed E-state index contributed by atoms with van der Waals surface area (Å²) in [5.41, 5.74) is 0.842. The summed E-state index contributed by atoms with van der Waals surface area (Å²) in [5, 5.41) is 5.22. The molecule has 3 rings (SSSR count). The van der Waals surface area contributed by atoms with Gasteiger partial charge in [0.05, 0.1) is 25.9 Å². The number of rotatable bonds is 5. The molecule has 1 saturated heterocycles. The second-order valence-corrected chi connectivity index (χ2v) is 5.68. The van der Waals surface area contributed by atoms with Gasteiger partial charge in [-0.1, -0.05) is 18.5 Å². The van der Waals surface area contributed by atoms with Crippen molar-refractivity contribution in [3.05, 3.63) is 35.0 Å². The first-order valence-electron chi connectivity index (χ1n) is 7.39. The van der Waals surface area contributed by atoms with E-state index in [4.69, 9.17) is 25.5 Å². The second kappa shape index (κ2) is 6.79. The quantitative estimate of drug-likeness (QED) is 0.917. The van der Waals surface area contributed by atoms with Crippen molar-refractivity contribution < 1.29 is 13.9 Å². The predicted octanol–water partition coefficient (Wildman–Crippen LogP) is 3.54. The average molecular weight is 310 g/mol. The minimum atomic E-state index is -0.0265. The fourth-order valence-electron chi connectivity index (χ4n) is 2.60. The van der Waals surface area contributed by atoms with Gasteiger partial charge in [0.25, 0.3) is 0 Å². The first-order valence-corrected chi connectivity index (χ1v) is 7.77. The summed E-state index contributed by atoms with van der Waals surface area (Å²) in [6.45, 7) is 4.91. The number of hydrogen-bond donors (Lipinski definition) is 1. The SMILES string of the molecule is CCCNC(c1cc2cc(Cl)ccc2o1)C1COCCO1. The molecule has 21 heavy (non-hydrogen) atoms. The van der Waals surface area contributed by atoms with Gasteiger partial charge < -0.3 is 19.2 Å². The third-order valence-corrected chi connectivity index (χ3v) is 3.87. The largest absolute Gasteiger partial charge is 0.459 e. The smallest absolute Gasteiger partial charge is 0.134 e. The molecular weight excluding hydrogens is 290 g/mol. The number of halogens is 1. The third-order valence-electron chi connectivity index (χ3n) is 3.63. The molecule has 0 aliphatic carbocycles. The van der Waals surface area contributed by atoms with E-state index < -0.39 is 0 Å². The van der Waals surface area contributed by atoms with E-state index in [0.717, 1.165) is 29.7 Å². The van der Waals surface area contributed by atoms with Gasteiger partial charge in [0.15, 0.2) is 0 Å². The fraction of sp³-hybridized carbons (Fsp3) is 0.500. The van der Waals surface area contributed by atoms with Crippen LogP contribution in [0.3, 0.4) is 0 Å². The fourth-order valence-corrected chi connectivity index (χ4v) is 2.78. The number of ether oxygens (including phenoxy) is 2. The van der Waals surface area contributed by atoms with Crippen LogP contribution in [0, 0.1) is 0 Å². The number of furan rings is 1. The molecule has 1 aliphatic heterocycles. The van der Waals surface area contributed by atoms with Crippen LogP contribution in [0.25, 0.3) is 11.0 Å². The molecule has 2 unspecified atom stereocenters. The van der Waals surface area contributed by atoms with Crippen molar-refractivity contribution >= 4 is 22.6 Å². The van der Waals surface area contributed by atoms with Gasteiger partial charge in [-0.3, -0.25) is 0 Å². The van der Waals surface area contributed by atoms with Crippen molar-refractivity contribution in [2.24, 2.45) is 0 Å². The average Bonchev–Trinajstić information content (AvgIpc) is 2.91. The summed E-state index contributed by atoms with van der Waals surface area (Å²) in [5.74, 6) is 0.871. The molecule has 1 fully saturated rings. The van der Waals surface area contributed by atoms with Crippen LogP contribution in [0.15, 0.2) is 28.7 Å². The highest BCUT2D eigenvalue weighted by atomic mass is 35.5. The summed E-state index contributed by atoms with van der Waals surface area (Å²) < 4.78 is 17.3. The number of nitrogens with one attached hydrogen (secondary N) is 1. The molecule has 1 aromatic heterocycles. The molecule has 0 bridgehead atoms. The first kappa shape index (κ1) is 14.9. The number of hydrogen-bond acceptors (Lipinski definition) is 4. The maximum Gasteiger partial charge on any atom is 0.134 e. The molecule has 5 heteroatoms. The molecule has 2 atom stereocenters. The van der Waals surface area contributed by atoms with Crippen molar-refractivity contribution in [3.8, 4) is 0 Å². The summed E-state index contributed by atoms with van der Waals surface area (Å²) in [6.07, 6.45) is 1.03. The molecule has 0 amide bonds. The Labute approximate surface area is 129 Å². The Balaban J connectivity index is 1.88. The first-order chi connectivity index (χ1) is 10.3. The lowest BCUT2D eigenvalue weighted by Crippen LogP contribution is -2.40. The standard InChI is InChI=1S/C16H20ClNO3/c1-2-5-18-16(15-10-19-6-7-20-15)14-9-11-8-12(17)3-4-13(11)21-14/h3-4,8-9,15-16,18H,2,5-7,10H2,1H3. The topological polar surface area (TPSA) is 43.6 Å². The Hall–Kier alpha value is -1.07. The monoisotopic (exact) mass is 309 g/mol. The highest BCUT2D eigenvalue weighted by molar-refractivity contribution is 6.31. The Morgan fingerprint density at radius 1 is 1.33 bits per heavy atom. The molecule has 1 aromatic carbocycles. The molecule has 0 spiro atoms. The van der Waals surface area contributed by atoms with Crippen LogP contribution in [0.2, 0.25) is 5.02 Å². The maximum absolute atomic E-state index is 6.04. The van der Waals surface area contributed by atoms with Gasteiger partial charge in [0.2, 0.25) is 0 Å². The molecule has 1 aliphatic rings. The van der Waals surface area contributed by atoms with Crippen LogP contribution in [-0.2, 0) is 9.47 Å². The van der Waals surface area contributed by atoms with Crippen molar-refractivity contribution in [2.45, 2.75) is 25.5 Å². The van der Waals surface area contributed by atoms with Crippen molar-refractivity contribution in [1.29, 1.82) is 0 Å². The van der Waals surface area contributed by atoms with E-state index in [1.165, 1.54) is 0 Å². The van der Waals surface area contributed by atoms with Crippen LogP contribution >= 0.6 is 11.6 Å². The lowest BCUT2D eigenvalue weighted by molar-refractivity contribution is -0.104. The van der Waals surface area contributed by atoms with Gasteiger partial charge in [0, 0.05) is 10.4 Å². The lowest BCUT2D eigenvalue weighted by Gasteiger charge is -2.29. The molecule has 2 heterocycles. The number of benzene rings is 1. The minimum Gasteiger partial charge on any atom is -0.459 e. The summed E-state index contributed by atoms with van der Waals surface area (Å²) in [6, 6.07) is 7.68. The van der Waals surface area contributed by atoms with Crippen LogP contribution in [0.4, 0.5) is 0 Å². The van der Waals surface area contributed by atoms with Crippen LogP contribution in [0.5, 0.6) is 0 Å². The van der Waals surface area contributed by atoms with E-state index in [1.807, 2.05) is 24.3 Å². The van der Waals surface area contributed by atoms with E-state index in [1.54, 1.807) is 0 Å². The molecule has 0 saturated carbocycles. The van der Waals surface area contributed by atoms with Crippen LogP contribution in [0.1, 0.15) is 25.1 Å². The van der Waals surface area contributed by atoms with Gasteiger partial charge in [-0.25, -0.2) is 0 Å². The highest BCUT2D eigenvalue weighted by Gasteiger charge is 2.28. The van der Waals surface area contributed by atoms with Gasteiger partial charge in [0.1, 0.15) is 17.4 Å². The Morgan fingerprint density at radius 3 is 3.00 bits per heavy atom. The molecular formula is C16H20ClNO3. The second-order valence-electron chi connectivity index (χ2n) is 5.25. The minimum absolute atomic E-state index is 0.00331. The van der Waals surface area contributed by atoms with Gasteiger partial charge >= 0.3 is 0 Å². The number of fused-ring (bicyclic) bond motifs is 1. The van der Waals surface area contributed by atoms with Gasteiger partial charge in [-0.05, 0) is 37.2 Å². The van der Waals surface area contributed by atoms with Gasteiger partial charge in [-0.2, -0.15) is 0 Å². The summed E-state index contributed by atoms with van der Waals surface area (Å²) in [4.78, 5) is 0. The highest BCUT2D eigenvalue weighted by Crippen LogP contribution is 2.29. The van der Waals surface area contributed by atoms with Crippen molar-refractivity contribution in [3.63, 3.8) is 0 Å². The van der Waals surface area contributed by atoms with E-state index in [2.05, 4.69) is 12.2 Å².